The van der Waals surface area contributed by atoms with Crippen LogP contribution >= 0.6 is 0 Å². The lowest BCUT2D eigenvalue weighted by Gasteiger charge is -2.10. The zero-order valence-electron chi connectivity index (χ0n) is 15.2. The molecule has 2 unspecified atom stereocenters. The van der Waals surface area contributed by atoms with Crippen molar-refractivity contribution in [2.75, 3.05) is 19.8 Å². The van der Waals surface area contributed by atoms with Crippen molar-refractivity contribution in [3.8, 4) is 5.75 Å². The Balaban J connectivity index is 1.85. The highest BCUT2D eigenvalue weighted by Gasteiger charge is 2.18. The molecule has 28 heavy (non-hydrogen) atoms. The van der Waals surface area contributed by atoms with E-state index in [-0.39, 0.29) is 32.1 Å². The number of aliphatic hydroxyl groups excluding tert-OH is 4. The van der Waals surface area contributed by atoms with Crippen LogP contribution in [0, 0.1) is 0 Å². The number of fused-ring (bicyclic) bond motifs is 1. The molecule has 3 aromatic rings. The Morgan fingerprint density at radius 3 is 2.32 bits per heavy atom. The second kappa shape index (κ2) is 8.99. The predicted octanol–water partition coefficient (Wildman–Crippen LogP) is 0.958. The van der Waals surface area contributed by atoms with Crippen LogP contribution < -0.4 is 4.74 Å². The van der Waals surface area contributed by atoms with Crippen molar-refractivity contribution < 1.29 is 30.0 Å². The summed E-state index contributed by atoms with van der Waals surface area (Å²) >= 11 is 0. The highest BCUT2D eigenvalue weighted by molar-refractivity contribution is 6.16. The predicted molar refractivity (Wildman–Crippen MR) is 103 cm³/mol. The quantitative estimate of drug-likeness (QED) is 0.408. The van der Waals surface area contributed by atoms with Crippen LogP contribution in [0.4, 0.5) is 0 Å². The molecule has 3 rings (SSSR count). The molecule has 0 spiro atoms. The maximum absolute atomic E-state index is 13.0. The van der Waals surface area contributed by atoms with Crippen LogP contribution in [0.2, 0.25) is 0 Å². The molecule has 7 nitrogen and oxygen atoms in total. The summed E-state index contributed by atoms with van der Waals surface area (Å²) in [6.45, 7) is -0.595. The molecular formula is C21H23NO6. The number of benzene rings is 2. The van der Waals surface area contributed by atoms with Crippen molar-refractivity contribution in [2.24, 2.45) is 0 Å². The van der Waals surface area contributed by atoms with Crippen LogP contribution in [0.25, 0.3) is 10.9 Å². The van der Waals surface area contributed by atoms with E-state index in [1.165, 1.54) is 0 Å². The van der Waals surface area contributed by atoms with Gasteiger partial charge in [-0.2, -0.15) is 0 Å². The molecule has 0 aliphatic heterocycles. The van der Waals surface area contributed by atoms with E-state index in [0.717, 1.165) is 10.9 Å². The molecule has 2 atom stereocenters. The minimum absolute atomic E-state index is 0.0372. The van der Waals surface area contributed by atoms with E-state index >= 15 is 0 Å². The summed E-state index contributed by atoms with van der Waals surface area (Å²) in [5, 5.41) is 37.8. The van der Waals surface area contributed by atoms with Gasteiger partial charge in [0.2, 0.25) is 0 Å². The molecule has 0 aliphatic carbocycles. The first kappa shape index (κ1) is 20.0. The van der Waals surface area contributed by atoms with Crippen molar-refractivity contribution in [2.45, 2.75) is 18.8 Å². The van der Waals surface area contributed by atoms with E-state index in [1.54, 1.807) is 35.0 Å². The van der Waals surface area contributed by atoms with Crippen LogP contribution in [0.5, 0.6) is 5.75 Å². The van der Waals surface area contributed by atoms with Crippen LogP contribution in [-0.4, -0.2) is 62.8 Å². The zero-order valence-corrected chi connectivity index (χ0v) is 15.2. The van der Waals surface area contributed by atoms with Crippen LogP contribution in [0.1, 0.15) is 15.9 Å². The molecule has 1 aromatic heterocycles. The number of ether oxygens (including phenoxy) is 1. The van der Waals surface area contributed by atoms with Gasteiger partial charge in [0.25, 0.3) is 0 Å². The third-order valence-electron chi connectivity index (χ3n) is 4.42. The van der Waals surface area contributed by atoms with Gasteiger partial charge in [-0.05, 0) is 30.3 Å². The molecule has 0 saturated carbocycles. The highest BCUT2D eigenvalue weighted by atomic mass is 16.5. The average Bonchev–Trinajstić information content (AvgIpc) is 3.10. The SMILES string of the molecule is O=C(c1ccc(OCC(O)CO)cc1)c1cn(CC(O)CO)c2ccccc12. The summed E-state index contributed by atoms with van der Waals surface area (Å²) in [7, 11) is 0. The van der Waals surface area contributed by atoms with Crippen molar-refractivity contribution in [3.63, 3.8) is 0 Å². The molecule has 7 heteroatoms. The second-order valence-corrected chi connectivity index (χ2v) is 6.55. The largest absolute Gasteiger partial charge is 0.491 e. The van der Waals surface area contributed by atoms with Gasteiger partial charge in [-0.1, -0.05) is 18.2 Å². The fourth-order valence-corrected chi connectivity index (χ4v) is 2.97. The number of carbonyl (C=O) groups is 1. The van der Waals surface area contributed by atoms with Crippen molar-refractivity contribution in [3.05, 3.63) is 65.9 Å². The van der Waals surface area contributed by atoms with Gasteiger partial charge in [0, 0.05) is 28.2 Å². The first-order valence-corrected chi connectivity index (χ1v) is 8.96. The van der Waals surface area contributed by atoms with E-state index < -0.39 is 12.2 Å². The van der Waals surface area contributed by atoms with Gasteiger partial charge in [0.15, 0.2) is 5.78 Å². The third-order valence-corrected chi connectivity index (χ3v) is 4.42. The number of hydrogen-bond acceptors (Lipinski definition) is 6. The summed E-state index contributed by atoms with van der Waals surface area (Å²) in [5.74, 6) is 0.313. The Bertz CT molecular complexity index is 934. The summed E-state index contributed by atoms with van der Waals surface area (Å²) < 4.78 is 7.11. The average molecular weight is 385 g/mol. The molecule has 148 valence electrons. The summed E-state index contributed by atoms with van der Waals surface area (Å²) in [4.78, 5) is 13.0. The molecule has 1 heterocycles. The van der Waals surface area contributed by atoms with Crippen molar-refractivity contribution in [1.29, 1.82) is 0 Å². The molecule has 0 fully saturated rings. The topological polar surface area (TPSA) is 112 Å². The lowest BCUT2D eigenvalue weighted by atomic mass is 10.0. The first-order valence-electron chi connectivity index (χ1n) is 8.96. The fourth-order valence-electron chi connectivity index (χ4n) is 2.97. The number of nitrogens with zero attached hydrogens (tertiary/aromatic N) is 1. The lowest BCUT2D eigenvalue weighted by Crippen LogP contribution is -2.21. The first-order chi connectivity index (χ1) is 13.5. The van der Waals surface area contributed by atoms with Gasteiger partial charge in [-0.3, -0.25) is 4.79 Å². The molecule has 0 bridgehead atoms. The summed E-state index contributed by atoms with van der Waals surface area (Å²) in [6.07, 6.45) is -0.181. The lowest BCUT2D eigenvalue weighted by molar-refractivity contribution is 0.0536. The molecule has 2 aromatic carbocycles. The number of rotatable bonds is 9. The maximum atomic E-state index is 13.0. The van der Waals surface area contributed by atoms with Gasteiger partial charge in [0.05, 0.1) is 25.9 Å². The summed E-state index contributed by atoms with van der Waals surface area (Å²) in [5.41, 5.74) is 1.78. The van der Waals surface area contributed by atoms with Gasteiger partial charge in [-0.25, -0.2) is 0 Å². The van der Waals surface area contributed by atoms with E-state index in [9.17, 15) is 15.0 Å². The Kier molecular flexibility index (Phi) is 6.43. The standard InChI is InChI=1S/C21H23NO6/c23-11-15(25)9-22-10-19(18-3-1-2-4-20(18)22)21(27)14-5-7-17(8-6-14)28-13-16(26)12-24/h1-8,10,15-16,23-26H,9,11-13H2. The third kappa shape index (κ3) is 4.40. The van der Waals surface area contributed by atoms with E-state index in [2.05, 4.69) is 0 Å². The van der Waals surface area contributed by atoms with Gasteiger partial charge in [-0.15, -0.1) is 0 Å². The smallest absolute Gasteiger partial charge is 0.195 e. The molecule has 0 saturated heterocycles. The Hall–Kier alpha value is -2.71. The highest BCUT2D eigenvalue weighted by Crippen LogP contribution is 2.25. The molecular weight excluding hydrogens is 362 g/mol. The van der Waals surface area contributed by atoms with Gasteiger partial charge >= 0.3 is 0 Å². The van der Waals surface area contributed by atoms with E-state index in [0.29, 0.717) is 16.9 Å². The molecule has 4 N–H and O–H groups in total. The summed E-state index contributed by atoms with van der Waals surface area (Å²) in [6, 6.07) is 13.9. The minimum atomic E-state index is -0.957. The fraction of sp³-hybridized carbons (Fsp3) is 0.286. The zero-order chi connectivity index (χ0) is 20.1. The van der Waals surface area contributed by atoms with E-state index in [1.807, 2.05) is 24.3 Å². The van der Waals surface area contributed by atoms with Crippen LogP contribution in [0.15, 0.2) is 54.7 Å². The Morgan fingerprint density at radius 2 is 1.64 bits per heavy atom. The minimum Gasteiger partial charge on any atom is -0.491 e. The maximum Gasteiger partial charge on any atom is 0.195 e. The normalized spacial score (nSPS) is 13.4. The number of hydrogen-bond donors (Lipinski definition) is 4. The van der Waals surface area contributed by atoms with Crippen LogP contribution in [-0.2, 0) is 6.54 Å². The molecule has 0 amide bonds. The number of para-hydroxylation sites is 1. The molecule has 0 radical (unpaired) electrons. The van der Waals surface area contributed by atoms with Gasteiger partial charge < -0.3 is 29.7 Å². The van der Waals surface area contributed by atoms with Gasteiger partial charge in [0.1, 0.15) is 18.5 Å². The number of aromatic nitrogens is 1. The van der Waals surface area contributed by atoms with Crippen molar-refractivity contribution >= 4 is 16.7 Å². The molecule has 0 aliphatic rings. The number of carbonyl (C=O) groups excluding carboxylic acids is 1. The van der Waals surface area contributed by atoms with Crippen LogP contribution in [0.3, 0.4) is 0 Å². The second-order valence-electron chi connectivity index (χ2n) is 6.55. The Labute approximate surface area is 162 Å². The Morgan fingerprint density at radius 1 is 0.964 bits per heavy atom. The van der Waals surface area contributed by atoms with Crippen molar-refractivity contribution in [1.82, 2.24) is 4.57 Å². The monoisotopic (exact) mass is 385 g/mol. The number of aliphatic hydroxyl groups is 4. The van der Waals surface area contributed by atoms with E-state index in [4.69, 9.17) is 14.9 Å². The number of ketones is 1.